The van der Waals surface area contributed by atoms with Gasteiger partial charge in [-0.1, -0.05) is 0 Å². The van der Waals surface area contributed by atoms with Gasteiger partial charge in [0.15, 0.2) is 0 Å². The fourth-order valence-corrected chi connectivity index (χ4v) is 2.04. The molecule has 1 rings (SSSR count). The molecule has 1 N–H and O–H groups in total. The number of carbonyl (C=O) groups excluding carboxylic acids is 1. The molecule has 1 fully saturated rings. The molecule has 0 bridgehead atoms. The van der Waals surface area contributed by atoms with E-state index in [0.29, 0.717) is 13.0 Å². The van der Waals surface area contributed by atoms with Crippen LogP contribution in [0.25, 0.3) is 0 Å². The van der Waals surface area contributed by atoms with Gasteiger partial charge in [-0.2, -0.15) is 0 Å². The SMILES string of the molecule is COC(C)CCC(=O)N1CCCC(C)(O)C1. The average molecular weight is 229 g/mol. The normalized spacial score (nSPS) is 27.9. The predicted octanol–water partition coefficient (Wildman–Crippen LogP) is 1.17. The number of carbonyl (C=O) groups is 1. The van der Waals surface area contributed by atoms with Crippen molar-refractivity contribution in [3.63, 3.8) is 0 Å². The minimum Gasteiger partial charge on any atom is -0.388 e. The first kappa shape index (κ1) is 13.5. The molecular formula is C12H23NO3. The molecule has 4 heteroatoms. The van der Waals surface area contributed by atoms with Crippen molar-refractivity contribution in [1.82, 2.24) is 4.90 Å². The van der Waals surface area contributed by atoms with E-state index >= 15 is 0 Å². The second-order valence-corrected chi connectivity index (χ2v) is 5.00. The Balaban J connectivity index is 2.36. The maximum absolute atomic E-state index is 11.9. The summed E-state index contributed by atoms with van der Waals surface area (Å²) in [4.78, 5) is 13.6. The smallest absolute Gasteiger partial charge is 0.222 e. The summed E-state index contributed by atoms with van der Waals surface area (Å²) in [6.45, 7) is 4.99. The molecule has 0 aromatic carbocycles. The average Bonchev–Trinajstić information content (AvgIpc) is 2.23. The van der Waals surface area contributed by atoms with Gasteiger partial charge in [-0.15, -0.1) is 0 Å². The van der Waals surface area contributed by atoms with Crippen molar-refractivity contribution in [2.45, 2.75) is 51.2 Å². The second kappa shape index (κ2) is 5.64. The van der Waals surface area contributed by atoms with Gasteiger partial charge >= 0.3 is 0 Å². The van der Waals surface area contributed by atoms with Gasteiger partial charge in [-0.3, -0.25) is 4.79 Å². The van der Waals surface area contributed by atoms with E-state index in [1.165, 1.54) is 0 Å². The molecule has 16 heavy (non-hydrogen) atoms. The summed E-state index contributed by atoms with van der Waals surface area (Å²) in [5.74, 6) is 0.129. The monoisotopic (exact) mass is 229 g/mol. The maximum atomic E-state index is 11.9. The lowest BCUT2D eigenvalue weighted by atomic mass is 9.95. The van der Waals surface area contributed by atoms with Gasteiger partial charge < -0.3 is 14.7 Å². The number of likely N-dealkylation sites (tertiary alicyclic amines) is 1. The van der Waals surface area contributed by atoms with Crippen LogP contribution in [0.4, 0.5) is 0 Å². The Morgan fingerprint density at radius 1 is 1.62 bits per heavy atom. The lowest BCUT2D eigenvalue weighted by molar-refractivity contribution is -0.138. The summed E-state index contributed by atoms with van der Waals surface area (Å²) < 4.78 is 5.11. The van der Waals surface area contributed by atoms with Crippen LogP contribution >= 0.6 is 0 Å². The quantitative estimate of drug-likeness (QED) is 0.787. The van der Waals surface area contributed by atoms with Crippen molar-refractivity contribution < 1.29 is 14.6 Å². The third-order valence-corrected chi connectivity index (χ3v) is 3.19. The Hall–Kier alpha value is -0.610. The zero-order valence-electron chi connectivity index (χ0n) is 10.5. The lowest BCUT2D eigenvalue weighted by Crippen LogP contribution is -2.48. The number of β-amino-alcohol motifs (C(OH)–C–C–N with tert-alkyl or cyclic N) is 1. The first-order valence-corrected chi connectivity index (χ1v) is 5.97. The van der Waals surface area contributed by atoms with Gasteiger partial charge in [0, 0.05) is 26.6 Å². The largest absolute Gasteiger partial charge is 0.388 e. The zero-order valence-corrected chi connectivity index (χ0v) is 10.5. The molecule has 94 valence electrons. The van der Waals surface area contributed by atoms with Crippen LogP contribution in [0.1, 0.15) is 39.5 Å². The van der Waals surface area contributed by atoms with Crippen LogP contribution < -0.4 is 0 Å². The number of ether oxygens (including phenoxy) is 1. The van der Waals surface area contributed by atoms with Crippen LogP contribution in [-0.2, 0) is 9.53 Å². The van der Waals surface area contributed by atoms with Gasteiger partial charge in [0.2, 0.25) is 5.91 Å². The number of aliphatic hydroxyl groups is 1. The molecular weight excluding hydrogens is 206 g/mol. The summed E-state index contributed by atoms with van der Waals surface area (Å²) >= 11 is 0. The van der Waals surface area contributed by atoms with E-state index in [1.807, 2.05) is 6.92 Å². The minimum atomic E-state index is -0.708. The number of methoxy groups -OCH3 is 1. The van der Waals surface area contributed by atoms with Crippen LogP contribution in [-0.4, -0.2) is 47.8 Å². The molecule has 4 nitrogen and oxygen atoms in total. The number of rotatable bonds is 4. The fraction of sp³-hybridized carbons (Fsp3) is 0.917. The van der Waals surface area contributed by atoms with E-state index < -0.39 is 5.60 Å². The van der Waals surface area contributed by atoms with E-state index in [4.69, 9.17) is 4.74 Å². The van der Waals surface area contributed by atoms with E-state index in [9.17, 15) is 9.90 Å². The lowest BCUT2D eigenvalue weighted by Gasteiger charge is -2.37. The molecule has 1 aliphatic rings. The number of hydrogen-bond acceptors (Lipinski definition) is 3. The summed E-state index contributed by atoms with van der Waals surface area (Å²) in [5, 5.41) is 9.90. The van der Waals surface area contributed by atoms with Crippen molar-refractivity contribution in [1.29, 1.82) is 0 Å². The molecule has 0 saturated carbocycles. The molecule has 1 heterocycles. The van der Waals surface area contributed by atoms with Gasteiger partial charge in [0.1, 0.15) is 0 Å². The standard InChI is InChI=1S/C12H23NO3/c1-10(16-3)5-6-11(14)13-8-4-7-12(2,15)9-13/h10,15H,4-9H2,1-3H3. The summed E-state index contributed by atoms with van der Waals surface area (Å²) in [5.41, 5.74) is -0.708. The number of nitrogens with zero attached hydrogens (tertiary/aromatic N) is 1. The van der Waals surface area contributed by atoms with Gasteiger partial charge in [-0.05, 0) is 33.1 Å². The molecule has 2 unspecified atom stereocenters. The van der Waals surface area contributed by atoms with Crippen LogP contribution in [0.15, 0.2) is 0 Å². The molecule has 1 aliphatic heterocycles. The number of piperidine rings is 1. The highest BCUT2D eigenvalue weighted by Crippen LogP contribution is 2.21. The molecule has 1 amide bonds. The van der Waals surface area contributed by atoms with Crippen LogP contribution in [0.2, 0.25) is 0 Å². The Morgan fingerprint density at radius 3 is 2.88 bits per heavy atom. The molecule has 1 saturated heterocycles. The highest BCUT2D eigenvalue weighted by molar-refractivity contribution is 5.76. The first-order chi connectivity index (χ1) is 7.44. The molecule has 0 radical (unpaired) electrons. The first-order valence-electron chi connectivity index (χ1n) is 5.97. The maximum Gasteiger partial charge on any atom is 0.222 e. The zero-order chi connectivity index (χ0) is 12.2. The summed E-state index contributed by atoms with van der Waals surface area (Å²) in [7, 11) is 1.65. The second-order valence-electron chi connectivity index (χ2n) is 5.00. The Labute approximate surface area is 97.6 Å². The van der Waals surface area contributed by atoms with Gasteiger partial charge in [0.25, 0.3) is 0 Å². The van der Waals surface area contributed by atoms with Gasteiger partial charge in [-0.25, -0.2) is 0 Å². The van der Waals surface area contributed by atoms with Gasteiger partial charge in [0.05, 0.1) is 11.7 Å². The minimum absolute atomic E-state index is 0.120. The summed E-state index contributed by atoms with van der Waals surface area (Å²) in [6.07, 6.45) is 3.04. The van der Waals surface area contributed by atoms with Crippen molar-refractivity contribution in [3.8, 4) is 0 Å². The van der Waals surface area contributed by atoms with E-state index in [2.05, 4.69) is 0 Å². The fourth-order valence-electron chi connectivity index (χ4n) is 2.04. The van der Waals surface area contributed by atoms with E-state index in [0.717, 1.165) is 25.8 Å². The third-order valence-electron chi connectivity index (χ3n) is 3.19. The topological polar surface area (TPSA) is 49.8 Å². The van der Waals surface area contributed by atoms with Crippen molar-refractivity contribution >= 4 is 5.91 Å². The number of amides is 1. The van der Waals surface area contributed by atoms with E-state index in [-0.39, 0.29) is 12.0 Å². The molecule has 0 aromatic heterocycles. The summed E-state index contributed by atoms with van der Waals surface area (Å²) in [6, 6.07) is 0. The van der Waals surface area contributed by atoms with Crippen LogP contribution in [0, 0.1) is 0 Å². The predicted molar refractivity (Wildman–Crippen MR) is 62.1 cm³/mol. The number of hydrogen-bond donors (Lipinski definition) is 1. The highest BCUT2D eigenvalue weighted by atomic mass is 16.5. The van der Waals surface area contributed by atoms with Crippen LogP contribution in [0.5, 0.6) is 0 Å². The Kier molecular flexibility index (Phi) is 4.74. The van der Waals surface area contributed by atoms with Crippen LogP contribution in [0.3, 0.4) is 0 Å². The van der Waals surface area contributed by atoms with Crippen molar-refractivity contribution in [3.05, 3.63) is 0 Å². The molecule has 2 atom stereocenters. The molecule has 0 aromatic rings. The molecule has 0 aliphatic carbocycles. The Bertz CT molecular complexity index is 240. The highest BCUT2D eigenvalue weighted by Gasteiger charge is 2.30. The third kappa shape index (κ3) is 4.10. The molecule has 0 spiro atoms. The Morgan fingerprint density at radius 2 is 2.31 bits per heavy atom. The van der Waals surface area contributed by atoms with E-state index in [1.54, 1.807) is 18.9 Å². The van der Waals surface area contributed by atoms with Crippen molar-refractivity contribution in [2.24, 2.45) is 0 Å². The van der Waals surface area contributed by atoms with Crippen molar-refractivity contribution in [2.75, 3.05) is 20.2 Å².